The lowest BCUT2D eigenvalue weighted by molar-refractivity contribution is -0.439. The highest BCUT2D eigenvalue weighted by atomic mass is 16.3. The van der Waals surface area contributed by atoms with Crippen LogP contribution in [-0.4, -0.2) is 32.3 Å². The minimum Gasteiger partial charge on any atom is -0.506 e. The first kappa shape index (κ1) is 21.4. The maximum absolute atomic E-state index is 13.3. The predicted molar refractivity (Wildman–Crippen MR) is 134 cm³/mol. The third-order valence-electron chi connectivity index (χ3n) is 7.14. The lowest BCUT2D eigenvalue weighted by atomic mass is 9.77. The van der Waals surface area contributed by atoms with Crippen molar-refractivity contribution in [2.45, 2.75) is 39.5 Å². The van der Waals surface area contributed by atoms with E-state index in [-0.39, 0.29) is 17.0 Å². The molecule has 2 aliphatic rings. The fourth-order valence-electron chi connectivity index (χ4n) is 5.21. The smallest absolute Gasteiger partial charge is 0.209 e. The molecular formula is C29H31N2O2+. The molecule has 1 aromatic heterocycles. The van der Waals surface area contributed by atoms with Gasteiger partial charge in [0.15, 0.2) is 5.71 Å². The van der Waals surface area contributed by atoms with Gasteiger partial charge in [0.1, 0.15) is 12.3 Å². The zero-order valence-electron chi connectivity index (χ0n) is 20.0. The number of aryl methyl sites for hydroxylation is 1. The zero-order chi connectivity index (χ0) is 23.5. The summed E-state index contributed by atoms with van der Waals surface area (Å²) in [5.41, 5.74) is 5.92. The van der Waals surface area contributed by atoms with Gasteiger partial charge in [0.2, 0.25) is 11.5 Å². The van der Waals surface area contributed by atoms with Crippen LogP contribution in [0, 0.1) is 5.92 Å². The van der Waals surface area contributed by atoms with Gasteiger partial charge in [-0.3, -0.25) is 4.79 Å². The largest absolute Gasteiger partial charge is 0.506 e. The standard InChI is InChI=1S/C29H30N2O2/c1-18(2)14-15-31-24-13-9-7-11-22(24)29(3,4)25(31)16-20-27(32)26(28(20)33)21-17-30(5)23-12-8-6-10-19(21)23/h6-13,16-18H,14-15H2,1-5H3/p+1. The number of nitrogens with zero attached hydrogens (tertiary/aromatic N) is 2. The molecule has 0 fully saturated rings. The van der Waals surface area contributed by atoms with Gasteiger partial charge in [-0.15, -0.1) is 0 Å². The van der Waals surface area contributed by atoms with Crippen molar-refractivity contribution in [2.75, 3.05) is 6.54 Å². The number of benzene rings is 2. The number of Topliss-reactive ketones (excluding diaryl/α,β-unsaturated/α-hetero) is 1. The lowest BCUT2D eigenvalue weighted by Crippen LogP contribution is -2.31. The van der Waals surface area contributed by atoms with Crippen LogP contribution in [0.5, 0.6) is 0 Å². The number of carbonyl (C=O) groups is 1. The van der Waals surface area contributed by atoms with Gasteiger partial charge >= 0.3 is 0 Å². The second-order valence-electron chi connectivity index (χ2n) is 10.1. The van der Waals surface area contributed by atoms with Gasteiger partial charge in [-0.1, -0.05) is 50.2 Å². The van der Waals surface area contributed by atoms with E-state index in [1.54, 1.807) is 0 Å². The summed E-state index contributed by atoms with van der Waals surface area (Å²) in [5.74, 6) is 0.581. The van der Waals surface area contributed by atoms with E-state index in [1.807, 2.05) is 48.2 Å². The quantitative estimate of drug-likeness (QED) is 0.387. The highest BCUT2D eigenvalue weighted by Crippen LogP contribution is 2.43. The van der Waals surface area contributed by atoms with Gasteiger partial charge in [-0.05, 0) is 25.8 Å². The van der Waals surface area contributed by atoms with Crippen LogP contribution in [-0.2, 0) is 17.3 Å². The summed E-state index contributed by atoms with van der Waals surface area (Å²) in [6.45, 7) is 9.73. The molecule has 33 heavy (non-hydrogen) atoms. The van der Waals surface area contributed by atoms with E-state index in [4.69, 9.17) is 0 Å². The van der Waals surface area contributed by atoms with Gasteiger partial charge in [-0.25, -0.2) is 0 Å². The number of aliphatic hydroxyl groups excluding tert-OH is 1. The summed E-state index contributed by atoms with van der Waals surface area (Å²) in [4.78, 5) is 13.3. The van der Waals surface area contributed by atoms with E-state index >= 15 is 0 Å². The molecule has 0 radical (unpaired) electrons. The van der Waals surface area contributed by atoms with Gasteiger partial charge in [0.05, 0.1) is 16.6 Å². The Labute approximate surface area is 195 Å². The van der Waals surface area contributed by atoms with Crippen molar-refractivity contribution in [2.24, 2.45) is 13.0 Å². The van der Waals surface area contributed by atoms with Crippen LogP contribution in [0.15, 0.2) is 72.1 Å². The number of fused-ring (bicyclic) bond motifs is 2. The molecule has 2 heterocycles. The Bertz CT molecular complexity index is 1400. The molecule has 0 spiro atoms. The second-order valence-corrected chi connectivity index (χ2v) is 10.1. The monoisotopic (exact) mass is 439 g/mol. The molecule has 0 bridgehead atoms. The van der Waals surface area contributed by atoms with Crippen LogP contribution in [0.3, 0.4) is 0 Å². The molecule has 0 amide bonds. The minimum atomic E-state index is -0.254. The number of aromatic nitrogens is 1. The van der Waals surface area contributed by atoms with E-state index in [1.165, 1.54) is 11.3 Å². The topological polar surface area (TPSA) is 45.2 Å². The Morgan fingerprint density at radius 3 is 2.52 bits per heavy atom. The normalized spacial score (nSPS) is 18.6. The summed E-state index contributed by atoms with van der Waals surface area (Å²) in [6.07, 6.45) is 4.91. The Balaban J connectivity index is 1.63. The maximum Gasteiger partial charge on any atom is 0.209 e. The summed E-state index contributed by atoms with van der Waals surface area (Å²) in [6, 6.07) is 16.4. The fourth-order valence-corrected chi connectivity index (χ4v) is 5.21. The summed E-state index contributed by atoms with van der Waals surface area (Å²) in [5, 5.41) is 12.0. The van der Waals surface area contributed by atoms with Crippen LogP contribution in [0.25, 0.3) is 16.5 Å². The Morgan fingerprint density at radius 2 is 1.79 bits per heavy atom. The maximum atomic E-state index is 13.3. The van der Waals surface area contributed by atoms with E-state index in [9.17, 15) is 9.90 Å². The summed E-state index contributed by atoms with van der Waals surface area (Å²) in [7, 11) is 1.96. The number of aliphatic hydroxyl groups is 1. The molecule has 1 aliphatic heterocycles. The van der Waals surface area contributed by atoms with Gasteiger partial charge in [0, 0.05) is 53.8 Å². The van der Waals surface area contributed by atoms with E-state index in [0.717, 1.165) is 35.1 Å². The summed E-state index contributed by atoms with van der Waals surface area (Å²) < 4.78 is 4.33. The second kappa shape index (κ2) is 7.58. The van der Waals surface area contributed by atoms with Crippen molar-refractivity contribution >= 4 is 33.7 Å². The van der Waals surface area contributed by atoms with Gasteiger partial charge in [0.25, 0.3) is 0 Å². The number of para-hydroxylation sites is 2. The minimum absolute atomic E-state index is 0.0908. The SMILES string of the molecule is CC(C)CC[N+]1=C(C=C2C(=O)C(c3cn(C)c4ccccc34)=C2O)C(C)(C)c2ccccc21. The molecule has 1 N–H and O–H groups in total. The van der Waals surface area contributed by atoms with Crippen LogP contribution in [0.2, 0.25) is 0 Å². The third kappa shape index (κ3) is 3.19. The van der Waals surface area contributed by atoms with Crippen molar-refractivity contribution in [3.63, 3.8) is 0 Å². The van der Waals surface area contributed by atoms with Crippen molar-refractivity contribution in [1.29, 1.82) is 0 Å². The Hall–Kier alpha value is -3.40. The van der Waals surface area contributed by atoms with E-state index < -0.39 is 0 Å². The van der Waals surface area contributed by atoms with E-state index in [0.29, 0.717) is 17.1 Å². The molecule has 2 aromatic carbocycles. The number of hydrogen-bond acceptors (Lipinski definition) is 2. The van der Waals surface area contributed by atoms with Crippen LogP contribution < -0.4 is 0 Å². The number of ketones is 1. The molecule has 5 rings (SSSR count). The first-order chi connectivity index (χ1) is 15.7. The van der Waals surface area contributed by atoms with Gasteiger partial charge < -0.3 is 9.67 Å². The molecule has 3 aromatic rings. The van der Waals surface area contributed by atoms with Crippen molar-refractivity contribution in [3.05, 3.63) is 83.3 Å². The lowest BCUT2D eigenvalue weighted by Gasteiger charge is -2.22. The van der Waals surface area contributed by atoms with Gasteiger partial charge in [-0.2, -0.15) is 4.58 Å². The van der Waals surface area contributed by atoms with Crippen molar-refractivity contribution < 1.29 is 14.5 Å². The number of rotatable bonds is 5. The summed E-state index contributed by atoms with van der Waals surface area (Å²) >= 11 is 0. The average molecular weight is 440 g/mol. The number of hydrogen-bond donors (Lipinski definition) is 1. The highest BCUT2D eigenvalue weighted by Gasteiger charge is 2.46. The third-order valence-corrected chi connectivity index (χ3v) is 7.14. The first-order valence-electron chi connectivity index (χ1n) is 11.7. The molecule has 168 valence electrons. The Kier molecular flexibility index (Phi) is 4.93. The molecule has 0 saturated carbocycles. The van der Waals surface area contributed by atoms with Crippen LogP contribution >= 0.6 is 0 Å². The van der Waals surface area contributed by atoms with Crippen LogP contribution in [0.1, 0.15) is 45.2 Å². The molecule has 0 unspecified atom stereocenters. The highest BCUT2D eigenvalue weighted by molar-refractivity contribution is 6.41. The Morgan fingerprint density at radius 1 is 1.09 bits per heavy atom. The molecular weight excluding hydrogens is 408 g/mol. The average Bonchev–Trinajstić information content (AvgIpc) is 3.22. The van der Waals surface area contributed by atoms with Crippen LogP contribution in [0.4, 0.5) is 5.69 Å². The zero-order valence-corrected chi connectivity index (χ0v) is 20.0. The number of allylic oxidation sites excluding steroid dienone is 3. The molecule has 4 nitrogen and oxygen atoms in total. The predicted octanol–water partition coefficient (Wildman–Crippen LogP) is 6.08. The molecule has 0 atom stereocenters. The molecule has 4 heteroatoms. The van der Waals surface area contributed by atoms with Crippen molar-refractivity contribution in [3.8, 4) is 0 Å². The van der Waals surface area contributed by atoms with Crippen molar-refractivity contribution in [1.82, 2.24) is 4.57 Å². The first-order valence-corrected chi connectivity index (χ1v) is 11.7. The van der Waals surface area contributed by atoms with E-state index in [2.05, 4.69) is 56.5 Å². The molecule has 1 aliphatic carbocycles. The number of carbonyl (C=O) groups excluding carboxylic acids is 1. The fraction of sp³-hybridized carbons (Fsp3) is 0.310. The molecule has 0 saturated heterocycles.